The van der Waals surface area contributed by atoms with Gasteiger partial charge in [-0.1, -0.05) is 109 Å². The molecule has 0 heterocycles. The van der Waals surface area contributed by atoms with Crippen LogP contribution in [0.5, 0.6) is 0 Å². The van der Waals surface area contributed by atoms with Crippen LogP contribution in [-0.4, -0.2) is 48.2 Å². The Balaban J connectivity index is 1.25. The lowest BCUT2D eigenvalue weighted by Crippen LogP contribution is -2.43. The summed E-state index contributed by atoms with van der Waals surface area (Å²) >= 11 is 0. The number of unbranched alkanes of at least 4 members (excludes halogenated alkanes) is 1. The van der Waals surface area contributed by atoms with Crippen molar-refractivity contribution >= 4 is 23.9 Å². The summed E-state index contributed by atoms with van der Waals surface area (Å²) < 4.78 is 11.8. The molecule has 1 aliphatic rings. The standard InChI is InChI=1S/C38H38N2O7/c41-34(22-23-35(42)43)39-24-12-11-21-33(37(44)47-36(26-13-3-1-4-14-26)27-15-5-2-6-16-27)40-38(45)46-25-32-30-19-9-7-17-28(30)29-18-8-10-20-31(29)32/h1-10,13-20,32-33,36H,11-12,21-25H2,(H,39,41)(H,40,45)(H,42,43)/t33-/m0/s1. The van der Waals surface area contributed by atoms with E-state index in [9.17, 15) is 19.2 Å². The smallest absolute Gasteiger partial charge is 0.407 e. The van der Waals surface area contributed by atoms with Crippen molar-refractivity contribution in [2.45, 2.75) is 50.2 Å². The number of esters is 1. The molecule has 0 aliphatic heterocycles. The highest BCUT2D eigenvalue weighted by Gasteiger charge is 2.31. The number of fused-ring (bicyclic) bond motifs is 3. The second-order valence-corrected chi connectivity index (χ2v) is 11.4. The maximum atomic E-state index is 13.7. The van der Waals surface area contributed by atoms with Gasteiger partial charge in [0.05, 0.1) is 6.42 Å². The molecule has 0 saturated heterocycles. The summed E-state index contributed by atoms with van der Waals surface area (Å²) in [7, 11) is 0. The Morgan fingerprint density at radius 1 is 0.702 bits per heavy atom. The van der Waals surface area contributed by atoms with E-state index in [-0.39, 0.29) is 37.7 Å². The normalized spacial score (nSPS) is 12.4. The third-order valence-electron chi connectivity index (χ3n) is 8.17. The molecule has 0 radical (unpaired) electrons. The molecule has 0 aromatic heterocycles. The van der Waals surface area contributed by atoms with Gasteiger partial charge in [-0.25, -0.2) is 9.59 Å². The number of hydrogen-bond acceptors (Lipinski definition) is 6. The van der Waals surface area contributed by atoms with Gasteiger partial charge in [0.25, 0.3) is 0 Å². The monoisotopic (exact) mass is 634 g/mol. The summed E-state index contributed by atoms with van der Waals surface area (Å²) in [4.78, 5) is 49.6. The highest BCUT2D eigenvalue weighted by Crippen LogP contribution is 2.44. The molecule has 1 atom stereocenters. The van der Waals surface area contributed by atoms with Gasteiger partial charge in [0, 0.05) is 18.9 Å². The van der Waals surface area contributed by atoms with E-state index in [1.807, 2.05) is 97.1 Å². The van der Waals surface area contributed by atoms with Gasteiger partial charge in [0.2, 0.25) is 5.91 Å². The van der Waals surface area contributed by atoms with Crippen LogP contribution in [0.3, 0.4) is 0 Å². The average Bonchev–Trinajstić information content (AvgIpc) is 3.42. The summed E-state index contributed by atoms with van der Waals surface area (Å²) in [5, 5.41) is 14.2. The molecule has 0 spiro atoms. The van der Waals surface area contributed by atoms with Crippen LogP contribution in [0.15, 0.2) is 109 Å². The number of carbonyl (C=O) groups excluding carboxylic acids is 3. The third kappa shape index (κ3) is 8.85. The molecule has 0 unspecified atom stereocenters. The van der Waals surface area contributed by atoms with E-state index in [0.717, 1.165) is 33.4 Å². The highest BCUT2D eigenvalue weighted by atomic mass is 16.6. The average molecular weight is 635 g/mol. The van der Waals surface area contributed by atoms with Crippen LogP contribution in [0.4, 0.5) is 4.79 Å². The van der Waals surface area contributed by atoms with Crippen molar-refractivity contribution in [3.63, 3.8) is 0 Å². The summed E-state index contributed by atoms with van der Waals surface area (Å²) in [6.45, 7) is 0.405. The second-order valence-electron chi connectivity index (χ2n) is 11.4. The minimum atomic E-state index is -1.04. The maximum Gasteiger partial charge on any atom is 0.407 e. The molecule has 2 amide bonds. The van der Waals surface area contributed by atoms with Gasteiger partial charge in [0.1, 0.15) is 12.6 Å². The fourth-order valence-corrected chi connectivity index (χ4v) is 5.82. The zero-order valence-electron chi connectivity index (χ0n) is 26.0. The molecular formula is C38H38N2O7. The van der Waals surface area contributed by atoms with Gasteiger partial charge in [-0.2, -0.15) is 0 Å². The Hall–Kier alpha value is -5.44. The number of benzene rings is 4. The SMILES string of the molecule is O=C(O)CCC(=O)NCCCC[C@H](NC(=O)OCC1c2ccccc2-c2ccccc21)C(=O)OC(c1ccccc1)c1ccccc1. The highest BCUT2D eigenvalue weighted by molar-refractivity contribution is 5.82. The molecule has 3 N–H and O–H groups in total. The quantitative estimate of drug-likeness (QED) is 0.102. The zero-order valence-corrected chi connectivity index (χ0v) is 26.0. The minimum absolute atomic E-state index is 0.0979. The molecular weight excluding hydrogens is 596 g/mol. The number of nitrogens with one attached hydrogen (secondary N) is 2. The molecule has 1 aliphatic carbocycles. The summed E-state index contributed by atoms with van der Waals surface area (Å²) in [5.74, 6) is -2.13. The van der Waals surface area contributed by atoms with Crippen LogP contribution in [0.25, 0.3) is 11.1 Å². The van der Waals surface area contributed by atoms with Crippen molar-refractivity contribution in [1.29, 1.82) is 0 Å². The van der Waals surface area contributed by atoms with Crippen molar-refractivity contribution in [2.75, 3.05) is 13.2 Å². The second kappa shape index (κ2) is 16.2. The third-order valence-corrected chi connectivity index (χ3v) is 8.17. The largest absolute Gasteiger partial charge is 0.481 e. The Kier molecular flexibility index (Phi) is 11.4. The Morgan fingerprint density at radius 3 is 1.83 bits per heavy atom. The van der Waals surface area contributed by atoms with Gasteiger partial charge in [0.15, 0.2) is 6.10 Å². The number of carboxylic acids is 1. The van der Waals surface area contributed by atoms with Crippen molar-refractivity contribution in [3.05, 3.63) is 131 Å². The van der Waals surface area contributed by atoms with Crippen molar-refractivity contribution in [3.8, 4) is 11.1 Å². The lowest BCUT2D eigenvalue weighted by atomic mass is 9.98. The van der Waals surface area contributed by atoms with Gasteiger partial charge < -0.3 is 25.2 Å². The molecule has 47 heavy (non-hydrogen) atoms. The Bertz CT molecular complexity index is 1590. The lowest BCUT2D eigenvalue weighted by Gasteiger charge is -2.24. The van der Waals surface area contributed by atoms with Crippen molar-refractivity contribution < 1.29 is 33.8 Å². The van der Waals surface area contributed by atoms with E-state index < -0.39 is 30.2 Å². The van der Waals surface area contributed by atoms with Crippen LogP contribution in [0.2, 0.25) is 0 Å². The number of hydrogen-bond donors (Lipinski definition) is 3. The van der Waals surface area contributed by atoms with E-state index in [2.05, 4.69) is 22.8 Å². The topological polar surface area (TPSA) is 131 Å². The summed E-state index contributed by atoms with van der Waals surface area (Å²) in [5.41, 5.74) is 5.96. The molecule has 242 valence electrons. The predicted molar refractivity (Wildman–Crippen MR) is 177 cm³/mol. The molecule has 5 rings (SSSR count). The predicted octanol–water partition coefficient (Wildman–Crippen LogP) is 6.38. The van der Waals surface area contributed by atoms with Crippen LogP contribution in [0.1, 0.15) is 66.4 Å². The van der Waals surface area contributed by atoms with E-state index in [4.69, 9.17) is 14.6 Å². The molecule has 0 saturated carbocycles. The van der Waals surface area contributed by atoms with Crippen molar-refractivity contribution in [2.24, 2.45) is 0 Å². The molecule has 0 bridgehead atoms. The first-order valence-corrected chi connectivity index (χ1v) is 15.8. The molecule has 4 aromatic carbocycles. The fraction of sp³-hybridized carbons (Fsp3) is 0.263. The van der Waals surface area contributed by atoms with E-state index >= 15 is 0 Å². The lowest BCUT2D eigenvalue weighted by molar-refractivity contribution is -0.150. The summed E-state index contributed by atoms with van der Waals surface area (Å²) in [6, 6.07) is 33.9. The molecule has 9 heteroatoms. The fourth-order valence-electron chi connectivity index (χ4n) is 5.82. The molecule has 4 aromatic rings. The van der Waals surface area contributed by atoms with Crippen LogP contribution in [-0.2, 0) is 23.9 Å². The van der Waals surface area contributed by atoms with Crippen molar-refractivity contribution in [1.82, 2.24) is 10.6 Å². The number of aliphatic carboxylic acids is 1. The first-order valence-electron chi connectivity index (χ1n) is 15.8. The molecule has 9 nitrogen and oxygen atoms in total. The maximum absolute atomic E-state index is 13.7. The number of rotatable bonds is 15. The van der Waals surface area contributed by atoms with E-state index in [1.54, 1.807) is 0 Å². The Morgan fingerprint density at radius 2 is 1.26 bits per heavy atom. The number of carboxylic acid groups (broad SMARTS) is 1. The van der Waals surface area contributed by atoms with Gasteiger partial charge in [-0.15, -0.1) is 0 Å². The zero-order chi connectivity index (χ0) is 33.0. The van der Waals surface area contributed by atoms with Gasteiger partial charge in [-0.3, -0.25) is 9.59 Å². The minimum Gasteiger partial charge on any atom is -0.481 e. The van der Waals surface area contributed by atoms with Gasteiger partial charge in [-0.05, 0) is 52.6 Å². The van der Waals surface area contributed by atoms with Crippen LogP contribution < -0.4 is 10.6 Å². The first kappa shape index (κ1) is 32.9. The first-order chi connectivity index (χ1) is 22.9. The van der Waals surface area contributed by atoms with E-state index in [0.29, 0.717) is 19.4 Å². The van der Waals surface area contributed by atoms with Crippen LogP contribution in [0, 0.1) is 0 Å². The number of amides is 2. The van der Waals surface area contributed by atoms with Crippen LogP contribution >= 0.6 is 0 Å². The summed E-state index contributed by atoms with van der Waals surface area (Å²) in [6.07, 6.45) is -0.539. The van der Waals surface area contributed by atoms with Gasteiger partial charge >= 0.3 is 18.0 Å². The van der Waals surface area contributed by atoms with E-state index in [1.165, 1.54) is 0 Å². The molecule has 0 fully saturated rings. The Labute approximate surface area is 273 Å². The number of ether oxygens (including phenoxy) is 2. The number of carbonyl (C=O) groups is 4. The number of alkyl carbamates (subject to hydrolysis) is 1.